The second kappa shape index (κ2) is 10.2. The number of para-hydroxylation sites is 1. The van der Waals surface area contributed by atoms with Gasteiger partial charge in [-0.2, -0.15) is 0 Å². The molecule has 1 fully saturated rings. The van der Waals surface area contributed by atoms with Gasteiger partial charge in [-0.15, -0.1) is 5.10 Å². The molecule has 0 aliphatic carbocycles. The second-order valence-corrected chi connectivity index (χ2v) is 9.07. The molecule has 2 heterocycles. The van der Waals surface area contributed by atoms with Gasteiger partial charge >= 0.3 is 0 Å². The molecule has 0 bridgehead atoms. The van der Waals surface area contributed by atoms with Gasteiger partial charge in [0, 0.05) is 51.6 Å². The summed E-state index contributed by atoms with van der Waals surface area (Å²) < 4.78 is 15.3. The molecule has 1 aliphatic rings. The number of rotatable bonds is 7. The summed E-state index contributed by atoms with van der Waals surface area (Å²) in [7, 11) is 4.08. The molecule has 4 aromatic rings. The predicted molar refractivity (Wildman–Crippen MR) is 136 cm³/mol. The fourth-order valence-corrected chi connectivity index (χ4v) is 4.64. The number of halogens is 1. The average molecular weight is 472 g/mol. The Bertz CT molecular complexity index is 1210. The minimum Gasteiger partial charge on any atom is -0.378 e. The highest BCUT2D eigenvalue weighted by Crippen LogP contribution is 2.30. The Morgan fingerprint density at radius 3 is 2.20 bits per heavy atom. The van der Waals surface area contributed by atoms with Crippen LogP contribution in [-0.4, -0.2) is 65.4 Å². The third-order valence-corrected chi connectivity index (χ3v) is 6.58. The van der Waals surface area contributed by atoms with Gasteiger partial charge in [-0.05, 0) is 58.0 Å². The number of piperazine rings is 1. The van der Waals surface area contributed by atoms with Gasteiger partial charge in [0.25, 0.3) is 0 Å². The second-order valence-electron chi connectivity index (χ2n) is 9.07. The lowest BCUT2D eigenvalue weighted by Crippen LogP contribution is -2.48. The van der Waals surface area contributed by atoms with Crippen molar-refractivity contribution in [3.05, 3.63) is 102 Å². The molecule has 3 aromatic carbocycles. The van der Waals surface area contributed by atoms with Crippen LogP contribution in [-0.2, 0) is 6.54 Å². The number of hydrogen-bond donors (Lipinski definition) is 0. The van der Waals surface area contributed by atoms with E-state index in [1.165, 1.54) is 17.8 Å². The van der Waals surface area contributed by atoms with Crippen LogP contribution in [0.3, 0.4) is 0 Å². The van der Waals surface area contributed by atoms with E-state index in [1.54, 1.807) is 12.1 Å². The first-order valence-electron chi connectivity index (χ1n) is 11.9. The van der Waals surface area contributed by atoms with Crippen LogP contribution in [0.1, 0.15) is 23.0 Å². The first-order chi connectivity index (χ1) is 17.1. The van der Waals surface area contributed by atoms with E-state index in [9.17, 15) is 4.39 Å². The SMILES string of the molecule is CN(C)c1ccc([C@H](c2nnnn2Cc2ccc(F)cc2)N2CCN(c3ccccc3)CC2)cc1. The molecule has 1 saturated heterocycles. The fourth-order valence-electron chi connectivity index (χ4n) is 4.64. The van der Waals surface area contributed by atoms with Crippen molar-refractivity contribution < 1.29 is 4.39 Å². The van der Waals surface area contributed by atoms with Crippen LogP contribution in [0.4, 0.5) is 15.8 Å². The highest BCUT2D eigenvalue weighted by Gasteiger charge is 2.30. The Hall–Kier alpha value is -3.78. The zero-order chi connectivity index (χ0) is 24.2. The number of tetrazole rings is 1. The summed E-state index contributed by atoms with van der Waals surface area (Å²) in [6, 6.07) is 25.6. The molecule has 0 radical (unpaired) electrons. The Balaban J connectivity index is 1.44. The zero-order valence-corrected chi connectivity index (χ0v) is 20.1. The van der Waals surface area contributed by atoms with E-state index in [4.69, 9.17) is 0 Å². The van der Waals surface area contributed by atoms with Crippen LogP contribution in [0.5, 0.6) is 0 Å². The summed E-state index contributed by atoms with van der Waals surface area (Å²) in [5.41, 5.74) is 4.50. The van der Waals surface area contributed by atoms with Gasteiger partial charge in [-0.1, -0.05) is 42.5 Å². The molecular formula is C27H30FN7. The molecule has 7 nitrogen and oxygen atoms in total. The minimum atomic E-state index is -0.249. The number of nitrogens with zero attached hydrogens (tertiary/aromatic N) is 7. The maximum absolute atomic E-state index is 13.4. The number of hydrogen-bond acceptors (Lipinski definition) is 6. The van der Waals surface area contributed by atoms with Crippen LogP contribution >= 0.6 is 0 Å². The van der Waals surface area contributed by atoms with Crippen molar-refractivity contribution in [1.29, 1.82) is 0 Å². The molecule has 0 N–H and O–H groups in total. The van der Waals surface area contributed by atoms with Crippen molar-refractivity contribution in [2.75, 3.05) is 50.1 Å². The third-order valence-electron chi connectivity index (χ3n) is 6.58. The van der Waals surface area contributed by atoms with E-state index in [2.05, 4.69) is 78.8 Å². The Labute approximate surface area is 205 Å². The Kier molecular flexibility index (Phi) is 6.72. The third kappa shape index (κ3) is 5.17. The average Bonchev–Trinajstić information content (AvgIpc) is 3.34. The summed E-state index contributed by atoms with van der Waals surface area (Å²) in [5, 5.41) is 12.8. The molecule has 8 heteroatoms. The van der Waals surface area contributed by atoms with E-state index in [-0.39, 0.29) is 11.9 Å². The smallest absolute Gasteiger partial charge is 0.173 e. The highest BCUT2D eigenvalue weighted by molar-refractivity contribution is 5.48. The number of benzene rings is 3. The van der Waals surface area contributed by atoms with E-state index < -0.39 is 0 Å². The van der Waals surface area contributed by atoms with Gasteiger partial charge in [-0.25, -0.2) is 9.07 Å². The first-order valence-corrected chi connectivity index (χ1v) is 11.9. The maximum Gasteiger partial charge on any atom is 0.173 e. The highest BCUT2D eigenvalue weighted by atomic mass is 19.1. The van der Waals surface area contributed by atoms with Crippen LogP contribution < -0.4 is 9.80 Å². The fraction of sp³-hybridized carbons (Fsp3) is 0.296. The molecule has 0 spiro atoms. The topological polar surface area (TPSA) is 53.3 Å². The minimum absolute atomic E-state index is 0.0837. The van der Waals surface area contributed by atoms with Gasteiger partial charge in [0.05, 0.1) is 12.6 Å². The van der Waals surface area contributed by atoms with Crippen molar-refractivity contribution in [2.24, 2.45) is 0 Å². The van der Waals surface area contributed by atoms with Crippen molar-refractivity contribution in [2.45, 2.75) is 12.6 Å². The van der Waals surface area contributed by atoms with Crippen LogP contribution in [0, 0.1) is 5.82 Å². The molecule has 0 saturated carbocycles. The Morgan fingerprint density at radius 1 is 0.857 bits per heavy atom. The monoisotopic (exact) mass is 471 g/mol. The van der Waals surface area contributed by atoms with Crippen molar-refractivity contribution >= 4 is 11.4 Å². The van der Waals surface area contributed by atoms with E-state index >= 15 is 0 Å². The van der Waals surface area contributed by atoms with E-state index in [1.807, 2.05) is 24.8 Å². The number of aromatic nitrogens is 4. The molecule has 35 heavy (non-hydrogen) atoms. The standard InChI is InChI=1S/C27H30FN7/c1-32(2)24-14-10-22(11-15-24)26(34-18-16-33(17-19-34)25-6-4-3-5-7-25)27-29-30-31-35(27)20-21-8-12-23(28)13-9-21/h3-15,26H,16-20H2,1-2H3/t26-/m1/s1. The lowest BCUT2D eigenvalue weighted by Gasteiger charge is -2.40. The summed E-state index contributed by atoms with van der Waals surface area (Å²) in [5.74, 6) is 0.543. The van der Waals surface area contributed by atoms with Crippen LogP contribution in [0.2, 0.25) is 0 Å². The van der Waals surface area contributed by atoms with Crippen LogP contribution in [0.25, 0.3) is 0 Å². The van der Waals surface area contributed by atoms with E-state index in [0.717, 1.165) is 48.8 Å². The predicted octanol–water partition coefficient (Wildman–Crippen LogP) is 3.84. The molecule has 1 aromatic heterocycles. The van der Waals surface area contributed by atoms with Crippen molar-refractivity contribution in [3.8, 4) is 0 Å². The zero-order valence-electron chi connectivity index (χ0n) is 20.1. The first kappa shape index (κ1) is 23.0. The van der Waals surface area contributed by atoms with Gasteiger partial charge in [0.1, 0.15) is 5.82 Å². The van der Waals surface area contributed by atoms with Gasteiger partial charge in [0.2, 0.25) is 0 Å². The summed E-state index contributed by atoms with van der Waals surface area (Å²) >= 11 is 0. The lowest BCUT2D eigenvalue weighted by molar-refractivity contribution is 0.201. The van der Waals surface area contributed by atoms with Gasteiger partial charge in [-0.3, -0.25) is 4.90 Å². The van der Waals surface area contributed by atoms with Gasteiger partial charge < -0.3 is 9.80 Å². The van der Waals surface area contributed by atoms with Crippen molar-refractivity contribution in [1.82, 2.24) is 25.1 Å². The number of anilines is 2. The largest absolute Gasteiger partial charge is 0.378 e. The van der Waals surface area contributed by atoms with E-state index in [0.29, 0.717) is 6.54 Å². The van der Waals surface area contributed by atoms with Crippen molar-refractivity contribution in [3.63, 3.8) is 0 Å². The Morgan fingerprint density at radius 2 is 1.54 bits per heavy atom. The normalized spacial score (nSPS) is 15.2. The molecule has 5 rings (SSSR count). The summed E-state index contributed by atoms with van der Waals surface area (Å²) in [6.07, 6.45) is 0. The molecule has 0 amide bonds. The molecule has 180 valence electrons. The summed E-state index contributed by atoms with van der Waals surface area (Å²) in [4.78, 5) is 6.97. The molecule has 1 aliphatic heterocycles. The molecule has 0 unspecified atom stereocenters. The maximum atomic E-state index is 13.4. The lowest BCUT2D eigenvalue weighted by atomic mass is 10.0. The van der Waals surface area contributed by atoms with Crippen LogP contribution in [0.15, 0.2) is 78.9 Å². The van der Waals surface area contributed by atoms with Gasteiger partial charge in [0.15, 0.2) is 5.82 Å². The quantitative estimate of drug-likeness (QED) is 0.408. The molecule has 1 atom stereocenters. The summed E-state index contributed by atoms with van der Waals surface area (Å²) in [6.45, 7) is 4.11. The molecular weight excluding hydrogens is 441 g/mol.